The van der Waals surface area contributed by atoms with Crippen LogP contribution in [0.15, 0.2) is 12.2 Å². The summed E-state index contributed by atoms with van der Waals surface area (Å²) in [4.78, 5) is 12.0. The Hall–Kier alpha value is -0.480. The average molecular weight is 241 g/mol. The van der Waals surface area contributed by atoms with E-state index < -0.39 is 5.60 Å². The Balaban J connectivity index is 1.88. The Morgan fingerprint density at radius 3 is 2.75 bits per heavy atom. The van der Waals surface area contributed by atoms with E-state index in [2.05, 4.69) is 17.5 Å². The van der Waals surface area contributed by atoms with Crippen LogP contribution in [0.1, 0.15) is 32.1 Å². The molecule has 1 amide bonds. The van der Waals surface area contributed by atoms with Crippen LogP contribution < -0.4 is 5.32 Å². The van der Waals surface area contributed by atoms with Crippen molar-refractivity contribution in [3.63, 3.8) is 0 Å². The van der Waals surface area contributed by atoms with Crippen molar-refractivity contribution in [1.29, 1.82) is 0 Å². The molecule has 1 heterocycles. The van der Waals surface area contributed by atoms with Gasteiger partial charge in [0.15, 0.2) is 0 Å². The first kappa shape index (κ1) is 12.0. The van der Waals surface area contributed by atoms with Crippen LogP contribution in [0.3, 0.4) is 0 Å². The van der Waals surface area contributed by atoms with E-state index >= 15 is 0 Å². The molecule has 1 atom stereocenters. The molecule has 3 nitrogen and oxygen atoms in total. The lowest BCUT2D eigenvalue weighted by Gasteiger charge is -2.32. The summed E-state index contributed by atoms with van der Waals surface area (Å²) < 4.78 is 0. The number of rotatable bonds is 2. The highest BCUT2D eigenvalue weighted by Gasteiger charge is 2.38. The number of aliphatic hydroxyl groups is 1. The minimum absolute atomic E-state index is 0.159. The van der Waals surface area contributed by atoms with Crippen LogP contribution in [0.25, 0.3) is 0 Å². The summed E-state index contributed by atoms with van der Waals surface area (Å²) in [5, 5.41) is 13.2. The molecular formula is C12H19NO2S. The smallest absolute Gasteiger partial charge is 0.252 e. The van der Waals surface area contributed by atoms with Crippen molar-refractivity contribution in [3.8, 4) is 0 Å². The maximum atomic E-state index is 12.0. The maximum Gasteiger partial charge on any atom is 0.252 e. The first-order chi connectivity index (χ1) is 7.71. The molecule has 0 aromatic heterocycles. The molecule has 0 radical (unpaired) electrons. The van der Waals surface area contributed by atoms with Gasteiger partial charge in [-0.05, 0) is 43.6 Å². The third kappa shape index (κ3) is 2.80. The largest absolute Gasteiger partial charge is 0.380 e. The number of carbonyl (C=O) groups is 1. The van der Waals surface area contributed by atoms with Crippen LogP contribution in [0.4, 0.5) is 0 Å². The van der Waals surface area contributed by atoms with Crippen molar-refractivity contribution < 1.29 is 9.90 Å². The first-order valence-electron chi connectivity index (χ1n) is 5.97. The van der Waals surface area contributed by atoms with Crippen molar-refractivity contribution >= 4 is 17.7 Å². The molecule has 2 N–H and O–H groups in total. The van der Waals surface area contributed by atoms with Gasteiger partial charge >= 0.3 is 0 Å². The molecule has 16 heavy (non-hydrogen) atoms. The van der Waals surface area contributed by atoms with Gasteiger partial charge in [-0.1, -0.05) is 12.2 Å². The Morgan fingerprint density at radius 2 is 2.12 bits per heavy atom. The summed E-state index contributed by atoms with van der Waals surface area (Å²) >= 11 is 1.81. The van der Waals surface area contributed by atoms with Gasteiger partial charge in [0.05, 0.1) is 0 Å². The van der Waals surface area contributed by atoms with Crippen molar-refractivity contribution in [1.82, 2.24) is 5.32 Å². The number of hydrogen-bond acceptors (Lipinski definition) is 3. The number of nitrogens with one attached hydrogen (secondary N) is 1. The van der Waals surface area contributed by atoms with Crippen LogP contribution in [0.2, 0.25) is 0 Å². The molecule has 90 valence electrons. The van der Waals surface area contributed by atoms with E-state index in [0.717, 1.165) is 30.8 Å². The Morgan fingerprint density at radius 1 is 1.38 bits per heavy atom. The predicted octanol–water partition coefficient (Wildman–Crippen LogP) is 1.47. The fraction of sp³-hybridized carbons (Fsp3) is 0.750. The minimum atomic E-state index is -1.10. The highest BCUT2D eigenvalue weighted by atomic mass is 32.2. The average Bonchev–Trinajstić information content (AvgIpc) is 2.31. The second-order valence-corrected chi connectivity index (χ2v) is 5.82. The van der Waals surface area contributed by atoms with Crippen molar-refractivity contribution in [2.45, 2.75) is 43.7 Å². The standard InChI is InChI=1S/C12H19NO2S/c14-11(12(15)6-8-16-9-7-12)13-10-4-2-1-3-5-10/h1-2,10,15H,3-9H2,(H,13,14). The Kier molecular flexibility index (Phi) is 3.92. The van der Waals surface area contributed by atoms with Crippen LogP contribution in [-0.4, -0.2) is 34.2 Å². The van der Waals surface area contributed by atoms with Crippen molar-refractivity contribution in [3.05, 3.63) is 12.2 Å². The maximum absolute atomic E-state index is 12.0. The molecule has 1 saturated heterocycles. The monoisotopic (exact) mass is 241 g/mol. The van der Waals surface area contributed by atoms with Crippen molar-refractivity contribution in [2.75, 3.05) is 11.5 Å². The van der Waals surface area contributed by atoms with Gasteiger partial charge in [-0.3, -0.25) is 4.79 Å². The minimum Gasteiger partial charge on any atom is -0.380 e. The SMILES string of the molecule is O=C(NC1CC=CCC1)C1(O)CCSCC1. The van der Waals surface area contributed by atoms with Gasteiger partial charge in [-0.15, -0.1) is 0 Å². The normalized spacial score (nSPS) is 28.7. The fourth-order valence-corrected chi connectivity index (χ4v) is 3.35. The van der Waals surface area contributed by atoms with E-state index in [1.807, 2.05) is 11.8 Å². The number of allylic oxidation sites excluding steroid dienone is 1. The number of carbonyl (C=O) groups excluding carboxylic acids is 1. The van der Waals surface area contributed by atoms with Gasteiger partial charge in [-0.25, -0.2) is 0 Å². The molecule has 1 unspecified atom stereocenters. The Bertz CT molecular complexity index is 285. The molecule has 1 aliphatic heterocycles. The molecule has 0 aromatic rings. The molecule has 2 aliphatic rings. The molecule has 0 bridgehead atoms. The first-order valence-corrected chi connectivity index (χ1v) is 7.12. The molecule has 0 spiro atoms. The summed E-state index contributed by atoms with van der Waals surface area (Å²) in [7, 11) is 0. The molecule has 0 aromatic carbocycles. The quantitative estimate of drug-likeness (QED) is 0.720. The molecule has 1 aliphatic carbocycles. The number of thioether (sulfide) groups is 1. The molecule has 2 rings (SSSR count). The number of amides is 1. The van der Waals surface area contributed by atoms with Crippen molar-refractivity contribution in [2.24, 2.45) is 0 Å². The van der Waals surface area contributed by atoms with Gasteiger partial charge in [0.2, 0.25) is 0 Å². The second-order valence-electron chi connectivity index (χ2n) is 4.60. The van der Waals surface area contributed by atoms with E-state index in [1.54, 1.807) is 0 Å². The summed E-state index contributed by atoms with van der Waals surface area (Å²) in [5.74, 6) is 1.61. The third-order valence-electron chi connectivity index (χ3n) is 3.35. The van der Waals surface area contributed by atoms with E-state index in [1.165, 1.54) is 0 Å². The van der Waals surface area contributed by atoms with Gasteiger partial charge < -0.3 is 10.4 Å². The van der Waals surface area contributed by atoms with E-state index in [-0.39, 0.29) is 11.9 Å². The van der Waals surface area contributed by atoms with E-state index in [9.17, 15) is 9.90 Å². The van der Waals surface area contributed by atoms with E-state index in [4.69, 9.17) is 0 Å². The summed E-state index contributed by atoms with van der Waals surface area (Å²) in [6.45, 7) is 0. The topological polar surface area (TPSA) is 49.3 Å². The summed E-state index contributed by atoms with van der Waals surface area (Å²) in [5.41, 5.74) is -1.10. The fourth-order valence-electron chi connectivity index (χ4n) is 2.18. The van der Waals surface area contributed by atoms with Crippen LogP contribution in [0, 0.1) is 0 Å². The van der Waals surface area contributed by atoms with E-state index in [0.29, 0.717) is 12.8 Å². The van der Waals surface area contributed by atoms with Gasteiger partial charge in [0.25, 0.3) is 5.91 Å². The highest BCUT2D eigenvalue weighted by molar-refractivity contribution is 7.99. The lowest BCUT2D eigenvalue weighted by Crippen LogP contribution is -2.52. The molecular weight excluding hydrogens is 222 g/mol. The summed E-state index contributed by atoms with van der Waals surface area (Å²) in [6, 6.07) is 0.219. The number of hydrogen-bond donors (Lipinski definition) is 2. The molecule has 1 fully saturated rings. The zero-order chi connectivity index (χ0) is 11.4. The zero-order valence-corrected chi connectivity index (χ0v) is 10.3. The molecule has 0 saturated carbocycles. The van der Waals surface area contributed by atoms with Gasteiger partial charge in [0.1, 0.15) is 5.60 Å². The summed E-state index contributed by atoms with van der Waals surface area (Å²) in [6.07, 6.45) is 8.35. The van der Waals surface area contributed by atoms with Gasteiger partial charge in [0, 0.05) is 6.04 Å². The van der Waals surface area contributed by atoms with Gasteiger partial charge in [-0.2, -0.15) is 11.8 Å². The van der Waals surface area contributed by atoms with Crippen LogP contribution >= 0.6 is 11.8 Å². The zero-order valence-electron chi connectivity index (χ0n) is 9.45. The lowest BCUT2D eigenvalue weighted by atomic mass is 9.94. The second kappa shape index (κ2) is 5.23. The highest BCUT2D eigenvalue weighted by Crippen LogP contribution is 2.27. The lowest BCUT2D eigenvalue weighted by molar-refractivity contribution is -0.141. The molecule has 4 heteroatoms. The Labute approximate surface area is 101 Å². The predicted molar refractivity (Wildman–Crippen MR) is 66.4 cm³/mol. The third-order valence-corrected chi connectivity index (χ3v) is 4.33. The van der Waals surface area contributed by atoms with Crippen LogP contribution in [-0.2, 0) is 4.79 Å². The van der Waals surface area contributed by atoms with Crippen LogP contribution in [0.5, 0.6) is 0 Å².